The lowest BCUT2D eigenvalue weighted by Gasteiger charge is -2.30. The highest BCUT2D eigenvalue weighted by molar-refractivity contribution is 7.89. The van der Waals surface area contributed by atoms with E-state index in [2.05, 4.69) is 5.32 Å². The molecule has 0 radical (unpaired) electrons. The zero-order valence-electron chi connectivity index (χ0n) is 15.6. The van der Waals surface area contributed by atoms with E-state index in [9.17, 15) is 17.6 Å². The number of piperidine rings is 1. The van der Waals surface area contributed by atoms with E-state index >= 15 is 0 Å². The van der Waals surface area contributed by atoms with E-state index in [1.165, 1.54) is 17.5 Å². The van der Waals surface area contributed by atoms with Crippen LogP contribution in [0.2, 0.25) is 0 Å². The molecule has 8 heteroatoms. The summed E-state index contributed by atoms with van der Waals surface area (Å²) in [5, 5.41) is 2.90. The quantitative estimate of drug-likeness (QED) is 0.800. The Balaban J connectivity index is 1.61. The molecule has 1 aliphatic heterocycles. The first kappa shape index (κ1) is 20.3. The van der Waals surface area contributed by atoms with Crippen LogP contribution in [0.5, 0.6) is 5.75 Å². The molecule has 1 saturated heterocycles. The molecule has 6 nitrogen and oxygen atoms in total. The maximum atomic E-state index is 13.6. The SMILES string of the molecule is COc1ccc(F)cc1S(=O)(=O)N1CCC(C(=O)NCc2ccccc2)CC1. The molecule has 0 aromatic heterocycles. The number of sulfonamides is 1. The van der Waals surface area contributed by atoms with Crippen molar-refractivity contribution in [3.05, 3.63) is 59.9 Å². The minimum atomic E-state index is -3.90. The van der Waals surface area contributed by atoms with E-state index < -0.39 is 15.8 Å². The third-order valence-electron chi connectivity index (χ3n) is 4.88. The van der Waals surface area contributed by atoms with Crippen LogP contribution in [0, 0.1) is 11.7 Å². The van der Waals surface area contributed by atoms with Gasteiger partial charge in [0.05, 0.1) is 7.11 Å². The molecule has 0 atom stereocenters. The minimum Gasteiger partial charge on any atom is -0.495 e. The molecule has 2 aromatic rings. The van der Waals surface area contributed by atoms with E-state index in [-0.39, 0.29) is 35.6 Å². The molecule has 2 aromatic carbocycles. The molecule has 150 valence electrons. The molecule has 3 rings (SSSR count). The van der Waals surface area contributed by atoms with Gasteiger partial charge in [0.15, 0.2) is 0 Å². The van der Waals surface area contributed by atoms with Gasteiger partial charge in [-0.1, -0.05) is 30.3 Å². The normalized spacial score (nSPS) is 15.9. The zero-order chi connectivity index (χ0) is 20.1. The molecule has 0 unspecified atom stereocenters. The lowest BCUT2D eigenvalue weighted by molar-refractivity contribution is -0.126. The van der Waals surface area contributed by atoms with Gasteiger partial charge in [-0.2, -0.15) is 4.31 Å². The first-order valence-electron chi connectivity index (χ1n) is 9.07. The van der Waals surface area contributed by atoms with Gasteiger partial charge in [-0.3, -0.25) is 4.79 Å². The predicted molar refractivity (Wildman–Crippen MR) is 103 cm³/mol. The van der Waals surface area contributed by atoms with Crippen LogP contribution in [0.3, 0.4) is 0 Å². The van der Waals surface area contributed by atoms with Crippen molar-refractivity contribution >= 4 is 15.9 Å². The van der Waals surface area contributed by atoms with Crippen molar-refractivity contribution in [1.82, 2.24) is 9.62 Å². The first-order valence-corrected chi connectivity index (χ1v) is 10.5. The number of hydrogen-bond donors (Lipinski definition) is 1. The summed E-state index contributed by atoms with van der Waals surface area (Å²) in [4.78, 5) is 12.2. The number of rotatable bonds is 6. The summed E-state index contributed by atoms with van der Waals surface area (Å²) in [7, 11) is -2.55. The zero-order valence-corrected chi connectivity index (χ0v) is 16.4. The number of amides is 1. The van der Waals surface area contributed by atoms with E-state index in [1.807, 2.05) is 30.3 Å². The molecule has 0 aliphatic carbocycles. The Kier molecular flexibility index (Phi) is 6.31. The van der Waals surface area contributed by atoms with Gasteiger partial charge in [-0.05, 0) is 36.6 Å². The number of hydrogen-bond acceptors (Lipinski definition) is 4. The largest absolute Gasteiger partial charge is 0.495 e. The smallest absolute Gasteiger partial charge is 0.246 e. The summed E-state index contributed by atoms with van der Waals surface area (Å²) in [5.41, 5.74) is 1.01. The van der Waals surface area contributed by atoms with Gasteiger partial charge in [0.2, 0.25) is 15.9 Å². The fourth-order valence-corrected chi connectivity index (χ4v) is 4.92. The Morgan fingerprint density at radius 3 is 2.50 bits per heavy atom. The molecule has 1 N–H and O–H groups in total. The number of nitrogens with zero attached hydrogens (tertiary/aromatic N) is 1. The minimum absolute atomic E-state index is 0.0794. The fraction of sp³-hybridized carbons (Fsp3) is 0.350. The summed E-state index contributed by atoms with van der Waals surface area (Å²) in [6.07, 6.45) is 0.828. The van der Waals surface area contributed by atoms with E-state index in [0.717, 1.165) is 17.7 Å². The van der Waals surface area contributed by atoms with Crippen molar-refractivity contribution in [3.8, 4) is 5.75 Å². The highest BCUT2D eigenvalue weighted by atomic mass is 32.2. The molecule has 0 saturated carbocycles. The number of carbonyl (C=O) groups is 1. The molecule has 1 amide bonds. The summed E-state index contributed by atoms with van der Waals surface area (Å²) >= 11 is 0. The highest BCUT2D eigenvalue weighted by Crippen LogP contribution is 2.30. The second kappa shape index (κ2) is 8.70. The first-order chi connectivity index (χ1) is 13.4. The van der Waals surface area contributed by atoms with Crippen molar-refractivity contribution in [2.24, 2.45) is 5.92 Å². The van der Waals surface area contributed by atoms with Crippen molar-refractivity contribution in [2.45, 2.75) is 24.3 Å². The Morgan fingerprint density at radius 2 is 1.86 bits per heavy atom. The molecule has 0 spiro atoms. The summed E-state index contributed by atoms with van der Waals surface area (Å²) < 4.78 is 45.7. The molecule has 28 heavy (non-hydrogen) atoms. The van der Waals surface area contributed by atoms with Gasteiger partial charge in [-0.15, -0.1) is 0 Å². The number of halogens is 1. The maximum Gasteiger partial charge on any atom is 0.246 e. The monoisotopic (exact) mass is 406 g/mol. The van der Waals surface area contributed by atoms with Crippen molar-refractivity contribution in [1.29, 1.82) is 0 Å². The molecule has 1 heterocycles. The number of methoxy groups -OCH3 is 1. The number of ether oxygens (including phenoxy) is 1. The topological polar surface area (TPSA) is 75.7 Å². The number of nitrogens with one attached hydrogen (secondary N) is 1. The molecular formula is C20H23FN2O4S. The van der Waals surface area contributed by atoms with Crippen LogP contribution in [0.4, 0.5) is 4.39 Å². The molecular weight excluding hydrogens is 383 g/mol. The Labute approximate surface area is 164 Å². The number of benzene rings is 2. The third kappa shape index (κ3) is 4.51. The lowest BCUT2D eigenvalue weighted by Crippen LogP contribution is -2.42. The van der Waals surface area contributed by atoms with Crippen LogP contribution in [-0.2, 0) is 21.4 Å². The standard InChI is InChI=1S/C20H23FN2O4S/c1-27-18-8-7-17(21)13-19(18)28(25,26)23-11-9-16(10-12-23)20(24)22-14-15-5-3-2-4-6-15/h2-8,13,16H,9-12,14H2,1H3,(H,22,24). The Morgan fingerprint density at radius 1 is 1.18 bits per heavy atom. The summed E-state index contributed by atoms with van der Waals surface area (Å²) in [6.45, 7) is 0.843. The van der Waals surface area contributed by atoms with Gasteiger partial charge in [0.1, 0.15) is 16.5 Å². The van der Waals surface area contributed by atoms with Crippen LogP contribution in [0.1, 0.15) is 18.4 Å². The van der Waals surface area contributed by atoms with Gasteiger partial charge >= 0.3 is 0 Å². The van der Waals surface area contributed by atoms with Gasteiger partial charge in [-0.25, -0.2) is 12.8 Å². The fourth-order valence-electron chi connectivity index (χ4n) is 3.28. The van der Waals surface area contributed by atoms with Crippen LogP contribution >= 0.6 is 0 Å². The Bertz CT molecular complexity index is 926. The third-order valence-corrected chi connectivity index (χ3v) is 6.80. The number of carbonyl (C=O) groups excluding carboxylic acids is 1. The van der Waals surface area contributed by atoms with E-state index in [0.29, 0.717) is 19.4 Å². The summed E-state index contributed by atoms with van der Waals surface area (Å²) in [5.74, 6) is -0.868. The lowest BCUT2D eigenvalue weighted by atomic mass is 9.97. The van der Waals surface area contributed by atoms with E-state index in [4.69, 9.17) is 4.74 Å². The van der Waals surface area contributed by atoms with Gasteiger partial charge < -0.3 is 10.1 Å². The maximum absolute atomic E-state index is 13.6. The molecule has 1 fully saturated rings. The van der Waals surface area contributed by atoms with Crippen molar-refractivity contribution in [3.63, 3.8) is 0 Å². The summed E-state index contributed by atoms with van der Waals surface area (Å²) in [6, 6.07) is 13.0. The van der Waals surface area contributed by atoms with Crippen LogP contribution < -0.4 is 10.1 Å². The molecule has 0 bridgehead atoms. The molecule has 1 aliphatic rings. The second-order valence-corrected chi connectivity index (χ2v) is 8.58. The average molecular weight is 406 g/mol. The van der Waals surface area contributed by atoms with Crippen LogP contribution in [0.25, 0.3) is 0 Å². The predicted octanol–water partition coefficient (Wildman–Crippen LogP) is 2.55. The van der Waals surface area contributed by atoms with Gasteiger partial charge in [0.25, 0.3) is 0 Å². The average Bonchev–Trinajstić information content (AvgIpc) is 2.73. The van der Waals surface area contributed by atoms with E-state index in [1.54, 1.807) is 0 Å². The van der Waals surface area contributed by atoms with Crippen molar-refractivity contribution in [2.75, 3.05) is 20.2 Å². The van der Waals surface area contributed by atoms with Crippen LogP contribution in [-0.4, -0.2) is 38.8 Å². The highest BCUT2D eigenvalue weighted by Gasteiger charge is 2.33. The van der Waals surface area contributed by atoms with Crippen molar-refractivity contribution < 1.29 is 22.3 Å². The second-order valence-electron chi connectivity index (χ2n) is 6.68. The Hall–Kier alpha value is -2.45. The van der Waals surface area contributed by atoms with Gasteiger partial charge in [0, 0.05) is 25.6 Å². The van der Waals surface area contributed by atoms with Crippen LogP contribution in [0.15, 0.2) is 53.4 Å².